The average molecular weight is 432 g/mol. The number of hydrogen-bond acceptors (Lipinski definition) is 3. The van der Waals surface area contributed by atoms with Gasteiger partial charge in [-0.05, 0) is 40.2 Å². The van der Waals surface area contributed by atoms with Crippen LogP contribution < -0.4 is 16.0 Å². The number of amides is 3. The van der Waals surface area contributed by atoms with Gasteiger partial charge in [0.2, 0.25) is 5.91 Å². The molecule has 0 saturated heterocycles. The second-order valence-corrected chi connectivity index (χ2v) is 7.04. The van der Waals surface area contributed by atoms with Crippen LogP contribution >= 0.6 is 15.9 Å². The van der Waals surface area contributed by atoms with E-state index >= 15 is 0 Å². The highest BCUT2D eigenvalue weighted by molar-refractivity contribution is 9.10. The molecular weight excluding hydrogens is 410 g/mol. The van der Waals surface area contributed by atoms with Crippen LogP contribution in [0, 0.1) is 5.92 Å². The highest BCUT2D eigenvalue weighted by Gasteiger charge is 2.15. The van der Waals surface area contributed by atoms with E-state index in [1.807, 2.05) is 6.07 Å². The molecule has 0 aliphatic heterocycles. The summed E-state index contributed by atoms with van der Waals surface area (Å²) in [5.74, 6) is -0.803. The molecule has 0 saturated carbocycles. The first-order valence-corrected chi connectivity index (χ1v) is 9.40. The fourth-order valence-corrected chi connectivity index (χ4v) is 2.75. The molecule has 0 bridgehead atoms. The number of anilines is 1. The largest absolute Gasteiger partial charge is 0.354 e. The van der Waals surface area contributed by atoms with E-state index in [9.17, 15) is 14.4 Å². The van der Waals surface area contributed by atoms with E-state index in [4.69, 9.17) is 0 Å². The Morgan fingerprint density at radius 1 is 0.852 bits per heavy atom. The predicted molar refractivity (Wildman–Crippen MR) is 109 cm³/mol. The van der Waals surface area contributed by atoms with Crippen LogP contribution in [-0.2, 0) is 4.79 Å². The lowest BCUT2D eigenvalue weighted by molar-refractivity contribution is -0.123. The maximum Gasteiger partial charge on any atom is 0.256 e. The van der Waals surface area contributed by atoms with Crippen LogP contribution in [0.3, 0.4) is 0 Å². The van der Waals surface area contributed by atoms with Gasteiger partial charge >= 0.3 is 0 Å². The van der Waals surface area contributed by atoms with Gasteiger partial charge in [0.05, 0.1) is 16.8 Å². The first kappa shape index (κ1) is 20.6. The third kappa shape index (κ3) is 5.92. The maximum absolute atomic E-state index is 12.5. The van der Waals surface area contributed by atoms with Crippen molar-refractivity contribution in [2.75, 3.05) is 18.4 Å². The van der Waals surface area contributed by atoms with Crippen LogP contribution in [0.25, 0.3) is 0 Å². The standard InChI is InChI=1S/C20H22BrN3O3/c1-13(2)18(25)22-11-12-23-19(26)15-8-4-6-10-17(15)24-20(27)14-7-3-5-9-16(14)21/h3-10,13H,11-12H2,1-2H3,(H,22,25)(H,23,26)(H,24,27). The Morgan fingerprint density at radius 3 is 2.11 bits per heavy atom. The maximum atomic E-state index is 12.5. The van der Waals surface area contributed by atoms with Gasteiger partial charge in [-0.3, -0.25) is 14.4 Å². The summed E-state index contributed by atoms with van der Waals surface area (Å²) in [4.78, 5) is 36.5. The zero-order valence-corrected chi connectivity index (χ0v) is 16.8. The summed E-state index contributed by atoms with van der Waals surface area (Å²) in [6.07, 6.45) is 0. The molecule has 7 heteroatoms. The van der Waals surface area contributed by atoms with E-state index in [1.54, 1.807) is 56.3 Å². The van der Waals surface area contributed by atoms with E-state index in [-0.39, 0.29) is 23.6 Å². The lowest BCUT2D eigenvalue weighted by Crippen LogP contribution is -2.36. The minimum atomic E-state index is -0.322. The summed E-state index contributed by atoms with van der Waals surface area (Å²) < 4.78 is 0.672. The Morgan fingerprint density at radius 2 is 1.44 bits per heavy atom. The average Bonchev–Trinajstić information content (AvgIpc) is 2.65. The molecule has 2 rings (SSSR count). The Bertz CT molecular complexity index is 837. The molecule has 0 unspecified atom stereocenters. The van der Waals surface area contributed by atoms with Gasteiger partial charge < -0.3 is 16.0 Å². The van der Waals surface area contributed by atoms with Crippen molar-refractivity contribution in [3.8, 4) is 0 Å². The molecular formula is C20H22BrN3O3. The molecule has 0 aliphatic rings. The minimum absolute atomic E-state index is 0.0645. The van der Waals surface area contributed by atoms with E-state index in [0.717, 1.165) is 0 Å². The zero-order valence-electron chi connectivity index (χ0n) is 15.2. The van der Waals surface area contributed by atoms with Gasteiger partial charge in [0.25, 0.3) is 11.8 Å². The fraction of sp³-hybridized carbons (Fsp3) is 0.250. The molecule has 142 valence electrons. The molecule has 0 heterocycles. The third-order valence-electron chi connectivity index (χ3n) is 3.77. The molecule has 0 aliphatic carbocycles. The molecule has 2 aromatic carbocycles. The first-order valence-electron chi connectivity index (χ1n) is 8.61. The summed E-state index contributed by atoms with van der Waals surface area (Å²) in [7, 11) is 0. The smallest absolute Gasteiger partial charge is 0.256 e. The number of carbonyl (C=O) groups excluding carboxylic acids is 3. The molecule has 3 amide bonds. The molecule has 0 fully saturated rings. The second-order valence-electron chi connectivity index (χ2n) is 6.18. The molecule has 0 aromatic heterocycles. The number of hydrogen-bond donors (Lipinski definition) is 3. The van der Waals surface area contributed by atoms with Crippen molar-refractivity contribution in [1.29, 1.82) is 0 Å². The van der Waals surface area contributed by atoms with Crippen molar-refractivity contribution in [2.45, 2.75) is 13.8 Å². The molecule has 0 spiro atoms. The normalized spacial score (nSPS) is 10.4. The third-order valence-corrected chi connectivity index (χ3v) is 4.46. The van der Waals surface area contributed by atoms with Gasteiger partial charge in [-0.1, -0.05) is 38.1 Å². The predicted octanol–water partition coefficient (Wildman–Crippen LogP) is 3.20. The molecule has 3 N–H and O–H groups in total. The van der Waals surface area contributed by atoms with Crippen LogP contribution in [-0.4, -0.2) is 30.8 Å². The van der Waals surface area contributed by atoms with Gasteiger partial charge in [0, 0.05) is 23.5 Å². The van der Waals surface area contributed by atoms with E-state index < -0.39 is 0 Å². The van der Waals surface area contributed by atoms with Crippen molar-refractivity contribution in [3.05, 3.63) is 64.1 Å². The summed E-state index contributed by atoms with van der Waals surface area (Å²) in [6.45, 7) is 4.24. The number of halogens is 1. The SMILES string of the molecule is CC(C)C(=O)NCCNC(=O)c1ccccc1NC(=O)c1ccccc1Br. The number of rotatable bonds is 7. The number of nitrogens with one attached hydrogen (secondary N) is 3. The molecule has 6 nitrogen and oxygen atoms in total. The van der Waals surface area contributed by atoms with Gasteiger partial charge in [-0.15, -0.1) is 0 Å². The van der Waals surface area contributed by atoms with Crippen molar-refractivity contribution in [3.63, 3.8) is 0 Å². The second kappa shape index (κ2) is 9.87. The van der Waals surface area contributed by atoms with Crippen molar-refractivity contribution >= 4 is 39.3 Å². The van der Waals surface area contributed by atoms with Crippen LogP contribution in [0.2, 0.25) is 0 Å². The zero-order chi connectivity index (χ0) is 19.8. The van der Waals surface area contributed by atoms with Gasteiger partial charge in [0.1, 0.15) is 0 Å². The van der Waals surface area contributed by atoms with Crippen molar-refractivity contribution in [1.82, 2.24) is 10.6 Å². The highest BCUT2D eigenvalue weighted by atomic mass is 79.9. The summed E-state index contributed by atoms with van der Waals surface area (Å²) in [5.41, 5.74) is 1.25. The number of carbonyl (C=O) groups is 3. The van der Waals surface area contributed by atoms with Crippen LogP contribution in [0.1, 0.15) is 34.6 Å². The summed E-state index contributed by atoms with van der Waals surface area (Å²) >= 11 is 3.35. The van der Waals surface area contributed by atoms with Crippen LogP contribution in [0.5, 0.6) is 0 Å². The lowest BCUT2D eigenvalue weighted by Gasteiger charge is -2.13. The van der Waals surface area contributed by atoms with Crippen LogP contribution in [0.15, 0.2) is 53.0 Å². The lowest BCUT2D eigenvalue weighted by atomic mass is 10.1. The molecule has 0 atom stereocenters. The van der Waals surface area contributed by atoms with Gasteiger partial charge in [0.15, 0.2) is 0 Å². The summed E-state index contributed by atoms with van der Waals surface area (Å²) in [5, 5.41) is 8.25. The summed E-state index contributed by atoms with van der Waals surface area (Å²) in [6, 6.07) is 13.8. The van der Waals surface area contributed by atoms with Gasteiger partial charge in [-0.25, -0.2) is 0 Å². The first-order chi connectivity index (χ1) is 12.9. The van der Waals surface area contributed by atoms with Crippen LogP contribution in [0.4, 0.5) is 5.69 Å². The Hall–Kier alpha value is -2.67. The number of benzene rings is 2. The van der Waals surface area contributed by atoms with Crippen molar-refractivity contribution in [2.24, 2.45) is 5.92 Å². The Kier molecular flexibility index (Phi) is 7.55. The molecule has 2 aromatic rings. The number of para-hydroxylation sites is 1. The topological polar surface area (TPSA) is 87.3 Å². The highest BCUT2D eigenvalue weighted by Crippen LogP contribution is 2.20. The molecule has 0 radical (unpaired) electrons. The van der Waals surface area contributed by atoms with E-state index in [0.29, 0.717) is 34.4 Å². The minimum Gasteiger partial charge on any atom is -0.354 e. The molecule has 27 heavy (non-hydrogen) atoms. The van der Waals surface area contributed by atoms with E-state index in [1.165, 1.54) is 0 Å². The quantitative estimate of drug-likeness (QED) is 0.588. The van der Waals surface area contributed by atoms with E-state index in [2.05, 4.69) is 31.9 Å². The fourth-order valence-electron chi connectivity index (χ4n) is 2.29. The van der Waals surface area contributed by atoms with Gasteiger partial charge in [-0.2, -0.15) is 0 Å². The monoisotopic (exact) mass is 431 g/mol. The Balaban J connectivity index is 2.00. The van der Waals surface area contributed by atoms with Crippen molar-refractivity contribution < 1.29 is 14.4 Å². The Labute approximate surface area is 166 Å².